The number of hydrogen-bond donors (Lipinski definition) is 1. The molecule has 1 aromatic heterocycles. The summed E-state index contributed by atoms with van der Waals surface area (Å²) in [4.78, 5) is 4.65. The minimum Gasteiger partial charge on any atom is -0.307 e. The molecule has 1 saturated heterocycles. The molecule has 0 bridgehead atoms. The summed E-state index contributed by atoms with van der Waals surface area (Å²) in [6.07, 6.45) is 2.12. The van der Waals surface area contributed by atoms with Crippen molar-refractivity contribution in [1.29, 1.82) is 0 Å². The highest BCUT2D eigenvalue weighted by atomic mass is 32.2. The van der Waals surface area contributed by atoms with Gasteiger partial charge in [-0.05, 0) is 6.26 Å². The molecule has 2 rings (SSSR count). The Morgan fingerprint density at radius 2 is 2.64 bits per heavy atom. The van der Waals surface area contributed by atoms with Crippen LogP contribution in [-0.2, 0) is 5.75 Å². The van der Waals surface area contributed by atoms with Crippen molar-refractivity contribution < 1.29 is 0 Å². The van der Waals surface area contributed by atoms with Gasteiger partial charge in [-0.15, -0.1) is 11.3 Å². The Bertz CT molecular complexity index is 281. The average molecular weight is 246 g/mol. The molecular formula is C9H14N2S3. The summed E-state index contributed by atoms with van der Waals surface area (Å²) in [5, 5.41) is 6.97. The molecule has 1 aliphatic heterocycles. The van der Waals surface area contributed by atoms with E-state index in [-0.39, 0.29) is 0 Å². The first-order chi connectivity index (χ1) is 6.90. The number of aromatic nitrogens is 1. The summed E-state index contributed by atoms with van der Waals surface area (Å²) < 4.78 is 0. The Kier molecular flexibility index (Phi) is 4.16. The van der Waals surface area contributed by atoms with Crippen molar-refractivity contribution in [1.82, 2.24) is 10.3 Å². The second-order valence-electron chi connectivity index (χ2n) is 3.18. The van der Waals surface area contributed by atoms with Gasteiger partial charge in [0, 0.05) is 29.2 Å². The molecule has 1 aromatic rings. The highest BCUT2D eigenvalue weighted by Gasteiger charge is 2.17. The fraction of sp³-hybridized carbons (Fsp3) is 0.667. The molecule has 5 heteroatoms. The maximum absolute atomic E-state index is 4.65. The largest absolute Gasteiger partial charge is 0.307 e. The van der Waals surface area contributed by atoms with Crippen LogP contribution in [0.1, 0.15) is 16.7 Å². The molecule has 0 spiro atoms. The number of nitrogens with zero attached hydrogens (tertiary/aromatic N) is 1. The average Bonchev–Trinajstić information content (AvgIpc) is 2.68. The molecule has 2 heterocycles. The van der Waals surface area contributed by atoms with Crippen molar-refractivity contribution in [2.24, 2.45) is 0 Å². The monoisotopic (exact) mass is 246 g/mol. The topological polar surface area (TPSA) is 24.9 Å². The fourth-order valence-electron chi connectivity index (χ4n) is 1.43. The third-order valence-corrected chi connectivity index (χ3v) is 4.79. The van der Waals surface area contributed by atoms with Gasteiger partial charge in [-0.25, -0.2) is 4.98 Å². The van der Waals surface area contributed by atoms with E-state index < -0.39 is 0 Å². The Morgan fingerprint density at radius 1 is 1.71 bits per heavy atom. The molecule has 1 unspecified atom stereocenters. The lowest BCUT2D eigenvalue weighted by atomic mass is 10.2. The zero-order valence-corrected chi connectivity index (χ0v) is 10.6. The quantitative estimate of drug-likeness (QED) is 0.885. The van der Waals surface area contributed by atoms with Gasteiger partial charge in [0.15, 0.2) is 0 Å². The Morgan fingerprint density at radius 3 is 3.36 bits per heavy atom. The second kappa shape index (κ2) is 5.39. The first-order valence-corrected chi connectivity index (χ1v) is 8.07. The van der Waals surface area contributed by atoms with Crippen molar-refractivity contribution >= 4 is 34.9 Å². The smallest absolute Gasteiger partial charge is 0.103 e. The lowest BCUT2D eigenvalue weighted by Gasteiger charge is -2.21. The van der Waals surface area contributed by atoms with E-state index in [4.69, 9.17) is 0 Å². The third-order valence-electron chi connectivity index (χ3n) is 2.12. The van der Waals surface area contributed by atoms with Gasteiger partial charge in [0.05, 0.1) is 11.7 Å². The molecule has 1 atom stereocenters. The normalized spacial score (nSPS) is 22.5. The summed E-state index contributed by atoms with van der Waals surface area (Å²) in [7, 11) is 0. The van der Waals surface area contributed by atoms with Crippen LogP contribution in [0.25, 0.3) is 0 Å². The first-order valence-electron chi connectivity index (χ1n) is 4.64. The molecule has 0 saturated carbocycles. The van der Waals surface area contributed by atoms with Crippen LogP contribution in [0.4, 0.5) is 0 Å². The standard InChI is InChI=1S/C9H14N2S3/c1-12-6-9-11-8(5-14-9)7-4-13-3-2-10-7/h5,7,10H,2-4,6H2,1H3. The molecule has 1 N–H and O–H groups in total. The lowest BCUT2D eigenvalue weighted by molar-refractivity contribution is 0.583. The van der Waals surface area contributed by atoms with Crippen LogP contribution in [0.2, 0.25) is 0 Å². The number of hydrogen-bond acceptors (Lipinski definition) is 5. The van der Waals surface area contributed by atoms with Gasteiger partial charge in [-0.1, -0.05) is 0 Å². The van der Waals surface area contributed by atoms with Crippen molar-refractivity contribution in [3.63, 3.8) is 0 Å². The van der Waals surface area contributed by atoms with Crippen LogP contribution >= 0.6 is 34.9 Å². The zero-order valence-electron chi connectivity index (χ0n) is 8.16. The van der Waals surface area contributed by atoms with E-state index in [1.165, 1.54) is 22.2 Å². The molecule has 2 nitrogen and oxygen atoms in total. The van der Waals surface area contributed by atoms with E-state index in [9.17, 15) is 0 Å². The van der Waals surface area contributed by atoms with E-state index in [1.54, 1.807) is 11.3 Å². The minimum atomic E-state index is 0.487. The van der Waals surface area contributed by atoms with Crippen molar-refractivity contribution in [3.05, 3.63) is 16.1 Å². The van der Waals surface area contributed by atoms with E-state index in [2.05, 4.69) is 21.9 Å². The SMILES string of the molecule is CSCc1nc(C2CSCCN2)cs1. The third kappa shape index (κ3) is 2.66. The maximum Gasteiger partial charge on any atom is 0.103 e. The van der Waals surface area contributed by atoms with Crippen LogP contribution in [0.15, 0.2) is 5.38 Å². The Labute approximate surface area is 97.3 Å². The second-order valence-corrected chi connectivity index (χ2v) is 6.14. The van der Waals surface area contributed by atoms with Gasteiger partial charge in [0.25, 0.3) is 0 Å². The van der Waals surface area contributed by atoms with Crippen LogP contribution < -0.4 is 5.32 Å². The molecule has 0 amide bonds. The predicted molar refractivity (Wildman–Crippen MR) is 67.4 cm³/mol. The van der Waals surface area contributed by atoms with E-state index in [1.807, 2.05) is 23.5 Å². The summed E-state index contributed by atoms with van der Waals surface area (Å²) in [5.74, 6) is 3.45. The van der Waals surface area contributed by atoms with Crippen molar-refractivity contribution in [2.75, 3.05) is 24.3 Å². The molecule has 1 aliphatic rings. The highest BCUT2D eigenvalue weighted by Crippen LogP contribution is 2.24. The zero-order chi connectivity index (χ0) is 9.80. The van der Waals surface area contributed by atoms with Crippen LogP contribution in [0.3, 0.4) is 0 Å². The van der Waals surface area contributed by atoms with Crippen LogP contribution in [0, 0.1) is 0 Å². The fourth-order valence-corrected chi connectivity index (χ4v) is 3.95. The van der Waals surface area contributed by atoms with Gasteiger partial charge >= 0.3 is 0 Å². The van der Waals surface area contributed by atoms with Crippen molar-refractivity contribution in [2.45, 2.75) is 11.8 Å². The lowest BCUT2D eigenvalue weighted by Crippen LogP contribution is -2.30. The Hall–Kier alpha value is 0.290. The van der Waals surface area contributed by atoms with Gasteiger partial charge in [0.2, 0.25) is 0 Å². The minimum absolute atomic E-state index is 0.487. The summed E-state index contributed by atoms with van der Waals surface area (Å²) >= 11 is 5.64. The predicted octanol–water partition coefficient (Wildman–Crippen LogP) is 2.38. The molecule has 0 aliphatic carbocycles. The highest BCUT2D eigenvalue weighted by molar-refractivity contribution is 7.99. The van der Waals surface area contributed by atoms with Gasteiger partial charge in [0.1, 0.15) is 5.01 Å². The summed E-state index contributed by atoms with van der Waals surface area (Å²) in [6.45, 7) is 1.12. The van der Waals surface area contributed by atoms with Crippen LogP contribution in [0.5, 0.6) is 0 Å². The van der Waals surface area contributed by atoms with Crippen molar-refractivity contribution in [3.8, 4) is 0 Å². The molecule has 0 aromatic carbocycles. The van der Waals surface area contributed by atoms with E-state index in [0.29, 0.717) is 6.04 Å². The number of rotatable bonds is 3. The molecule has 14 heavy (non-hydrogen) atoms. The van der Waals surface area contributed by atoms with E-state index in [0.717, 1.165) is 12.3 Å². The Balaban J connectivity index is 2.00. The molecular weight excluding hydrogens is 232 g/mol. The van der Waals surface area contributed by atoms with Gasteiger partial charge in [-0.3, -0.25) is 0 Å². The number of thioether (sulfide) groups is 2. The summed E-state index contributed by atoms with van der Waals surface area (Å²) in [6, 6.07) is 0.487. The van der Waals surface area contributed by atoms with Gasteiger partial charge in [-0.2, -0.15) is 23.5 Å². The number of nitrogens with one attached hydrogen (secondary N) is 1. The van der Waals surface area contributed by atoms with E-state index >= 15 is 0 Å². The first kappa shape index (κ1) is 10.8. The summed E-state index contributed by atoms with van der Waals surface area (Å²) in [5.41, 5.74) is 1.24. The number of thiazole rings is 1. The molecule has 0 radical (unpaired) electrons. The molecule has 1 fully saturated rings. The van der Waals surface area contributed by atoms with Gasteiger partial charge < -0.3 is 5.32 Å². The maximum atomic E-state index is 4.65. The van der Waals surface area contributed by atoms with Crippen LogP contribution in [-0.4, -0.2) is 29.3 Å². The molecule has 78 valence electrons.